The molecule has 1 aromatic heterocycles. The van der Waals surface area contributed by atoms with Crippen LogP contribution in [0.3, 0.4) is 0 Å². The molecule has 0 radical (unpaired) electrons. The van der Waals surface area contributed by atoms with Crippen molar-refractivity contribution in [3.05, 3.63) is 35.0 Å². The summed E-state index contributed by atoms with van der Waals surface area (Å²) >= 11 is 1.25. The minimum Gasteiger partial charge on any atom is -0.296 e. The Balaban J connectivity index is 2.54. The lowest BCUT2D eigenvalue weighted by Crippen LogP contribution is -1.86. The molecule has 0 saturated heterocycles. The molecule has 0 unspecified atom stereocenters. The Kier molecular flexibility index (Phi) is 2.60. The lowest BCUT2D eigenvalue weighted by Gasteiger charge is -2.02. The van der Waals surface area contributed by atoms with Crippen molar-refractivity contribution in [1.29, 1.82) is 0 Å². The Labute approximate surface area is 91.9 Å². The van der Waals surface area contributed by atoms with Crippen LogP contribution in [0.25, 0.3) is 10.4 Å². The summed E-state index contributed by atoms with van der Waals surface area (Å²) in [5.41, 5.74) is 3.88. The standard InChI is InChI=1S/C11H10N2OS/c1-7-3-4-9(5-8(7)2)11-10(6-14)12-13-15-11/h3-6H,1-2H3. The SMILES string of the molecule is Cc1ccc(-c2snnc2C=O)cc1C. The Morgan fingerprint density at radius 3 is 2.73 bits per heavy atom. The zero-order valence-electron chi connectivity index (χ0n) is 8.52. The number of carbonyl (C=O) groups is 1. The Bertz CT molecular complexity index is 505. The second kappa shape index (κ2) is 3.90. The van der Waals surface area contributed by atoms with Crippen LogP contribution in [0.15, 0.2) is 18.2 Å². The van der Waals surface area contributed by atoms with Crippen LogP contribution in [0.2, 0.25) is 0 Å². The molecule has 1 heterocycles. The molecular formula is C11H10N2OS. The fourth-order valence-corrected chi connectivity index (χ4v) is 1.98. The van der Waals surface area contributed by atoms with Crippen LogP contribution in [0.5, 0.6) is 0 Å². The van der Waals surface area contributed by atoms with Crippen molar-refractivity contribution in [3.63, 3.8) is 0 Å². The number of hydrogen-bond donors (Lipinski definition) is 0. The Morgan fingerprint density at radius 1 is 1.27 bits per heavy atom. The molecule has 0 bridgehead atoms. The van der Waals surface area contributed by atoms with E-state index in [0.717, 1.165) is 16.7 Å². The zero-order valence-corrected chi connectivity index (χ0v) is 9.34. The number of carbonyl (C=O) groups excluding carboxylic acids is 1. The molecule has 0 saturated carbocycles. The highest BCUT2D eigenvalue weighted by molar-refractivity contribution is 7.09. The predicted molar refractivity (Wildman–Crippen MR) is 60.2 cm³/mol. The molecule has 0 N–H and O–H groups in total. The lowest BCUT2D eigenvalue weighted by atomic mass is 10.0. The smallest absolute Gasteiger partial charge is 0.171 e. The van der Waals surface area contributed by atoms with E-state index in [4.69, 9.17) is 0 Å². The highest BCUT2D eigenvalue weighted by Crippen LogP contribution is 2.26. The van der Waals surface area contributed by atoms with E-state index in [9.17, 15) is 4.79 Å². The molecule has 1 aromatic carbocycles. The maximum atomic E-state index is 10.7. The van der Waals surface area contributed by atoms with E-state index in [-0.39, 0.29) is 0 Å². The summed E-state index contributed by atoms with van der Waals surface area (Å²) in [4.78, 5) is 11.6. The first-order chi connectivity index (χ1) is 7.22. The zero-order chi connectivity index (χ0) is 10.8. The van der Waals surface area contributed by atoms with Crippen molar-refractivity contribution in [2.24, 2.45) is 0 Å². The summed E-state index contributed by atoms with van der Waals surface area (Å²) in [6.07, 6.45) is 0.744. The first-order valence-electron chi connectivity index (χ1n) is 4.57. The van der Waals surface area contributed by atoms with Gasteiger partial charge in [-0.1, -0.05) is 22.7 Å². The second-order valence-electron chi connectivity index (χ2n) is 3.40. The van der Waals surface area contributed by atoms with Crippen LogP contribution in [0.4, 0.5) is 0 Å². The molecule has 0 aliphatic rings. The van der Waals surface area contributed by atoms with Crippen LogP contribution in [-0.4, -0.2) is 15.9 Å². The highest BCUT2D eigenvalue weighted by Gasteiger charge is 2.09. The number of benzene rings is 1. The van der Waals surface area contributed by atoms with Gasteiger partial charge in [0.25, 0.3) is 0 Å². The van der Waals surface area contributed by atoms with E-state index < -0.39 is 0 Å². The number of aldehydes is 1. The molecule has 2 aromatic rings. The van der Waals surface area contributed by atoms with Gasteiger partial charge in [-0.15, -0.1) is 5.10 Å². The van der Waals surface area contributed by atoms with Gasteiger partial charge in [-0.2, -0.15) is 0 Å². The number of aromatic nitrogens is 2. The van der Waals surface area contributed by atoms with Gasteiger partial charge >= 0.3 is 0 Å². The van der Waals surface area contributed by atoms with E-state index in [1.807, 2.05) is 19.1 Å². The summed E-state index contributed by atoms with van der Waals surface area (Å²) in [5.74, 6) is 0. The maximum Gasteiger partial charge on any atom is 0.171 e. The molecule has 2 rings (SSSR count). The van der Waals surface area contributed by atoms with Crippen molar-refractivity contribution < 1.29 is 4.79 Å². The Hall–Kier alpha value is -1.55. The van der Waals surface area contributed by atoms with Crippen LogP contribution >= 0.6 is 11.5 Å². The minimum atomic E-state index is 0.420. The van der Waals surface area contributed by atoms with Crippen molar-refractivity contribution >= 4 is 17.8 Å². The molecule has 0 atom stereocenters. The normalized spacial score (nSPS) is 10.3. The summed E-state index contributed by atoms with van der Waals surface area (Å²) in [6, 6.07) is 6.08. The monoisotopic (exact) mass is 218 g/mol. The fraction of sp³-hybridized carbons (Fsp3) is 0.182. The third-order valence-electron chi connectivity index (χ3n) is 2.39. The molecule has 0 spiro atoms. The van der Waals surface area contributed by atoms with E-state index >= 15 is 0 Å². The van der Waals surface area contributed by atoms with Gasteiger partial charge in [0.1, 0.15) is 5.69 Å². The molecule has 15 heavy (non-hydrogen) atoms. The maximum absolute atomic E-state index is 10.7. The summed E-state index contributed by atoms with van der Waals surface area (Å²) in [7, 11) is 0. The van der Waals surface area contributed by atoms with Crippen molar-refractivity contribution in [2.45, 2.75) is 13.8 Å². The largest absolute Gasteiger partial charge is 0.296 e. The molecule has 0 fully saturated rings. The Morgan fingerprint density at radius 2 is 2.07 bits per heavy atom. The van der Waals surface area contributed by atoms with Gasteiger partial charge in [-0.25, -0.2) is 0 Å². The molecule has 0 amide bonds. The van der Waals surface area contributed by atoms with Gasteiger partial charge in [0.15, 0.2) is 6.29 Å². The molecule has 3 nitrogen and oxygen atoms in total. The van der Waals surface area contributed by atoms with Crippen molar-refractivity contribution in [2.75, 3.05) is 0 Å². The van der Waals surface area contributed by atoms with Gasteiger partial charge in [0.05, 0.1) is 4.88 Å². The number of aryl methyl sites for hydroxylation is 2. The molecule has 76 valence electrons. The van der Waals surface area contributed by atoms with Crippen LogP contribution < -0.4 is 0 Å². The van der Waals surface area contributed by atoms with Gasteiger partial charge < -0.3 is 0 Å². The quantitative estimate of drug-likeness (QED) is 0.728. The van der Waals surface area contributed by atoms with Gasteiger partial charge in [0.2, 0.25) is 0 Å². The van der Waals surface area contributed by atoms with Gasteiger partial charge in [0, 0.05) is 0 Å². The predicted octanol–water partition coefficient (Wildman–Crippen LogP) is 2.63. The van der Waals surface area contributed by atoms with E-state index in [1.165, 1.54) is 22.7 Å². The van der Waals surface area contributed by atoms with Crippen LogP contribution in [-0.2, 0) is 0 Å². The highest BCUT2D eigenvalue weighted by atomic mass is 32.1. The molecule has 0 aliphatic carbocycles. The first-order valence-corrected chi connectivity index (χ1v) is 5.35. The van der Waals surface area contributed by atoms with E-state index in [1.54, 1.807) is 0 Å². The lowest BCUT2D eigenvalue weighted by molar-refractivity contribution is 0.111. The van der Waals surface area contributed by atoms with Crippen LogP contribution in [0, 0.1) is 13.8 Å². The molecule has 0 aliphatic heterocycles. The number of nitrogens with zero attached hydrogens (tertiary/aromatic N) is 2. The van der Waals surface area contributed by atoms with Crippen molar-refractivity contribution in [1.82, 2.24) is 9.59 Å². The van der Waals surface area contributed by atoms with E-state index in [0.29, 0.717) is 5.69 Å². The van der Waals surface area contributed by atoms with Gasteiger partial charge in [-0.3, -0.25) is 4.79 Å². The number of hydrogen-bond acceptors (Lipinski definition) is 4. The topological polar surface area (TPSA) is 42.9 Å². The van der Waals surface area contributed by atoms with Gasteiger partial charge in [-0.05, 0) is 42.1 Å². The third-order valence-corrected chi connectivity index (χ3v) is 3.18. The molecular weight excluding hydrogens is 208 g/mol. The average Bonchev–Trinajstić information content (AvgIpc) is 2.70. The summed E-state index contributed by atoms with van der Waals surface area (Å²) in [6.45, 7) is 4.11. The average molecular weight is 218 g/mol. The summed E-state index contributed by atoms with van der Waals surface area (Å²) < 4.78 is 3.78. The first kappa shape index (κ1) is 9.98. The second-order valence-corrected chi connectivity index (χ2v) is 4.16. The summed E-state index contributed by atoms with van der Waals surface area (Å²) in [5, 5.41) is 3.76. The van der Waals surface area contributed by atoms with Crippen LogP contribution in [0.1, 0.15) is 21.6 Å². The number of rotatable bonds is 2. The fourth-order valence-electron chi connectivity index (χ4n) is 1.36. The minimum absolute atomic E-state index is 0.420. The third kappa shape index (κ3) is 1.80. The van der Waals surface area contributed by atoms with Crippen molar-refractivity contribution in [3.8, 4) is 10.4 Å². The van der Waals surface area contributed by atoms with E-state index in [2.05, 4.69) is 22.6 Å². The molecule has 4 heteroatoms.